The number of aliphatic carboxylic acids is 1. The van der Waals surface area contributed by atoms with Crippen molar-refractivity contribution in [2.75, 3.05) is 0 Å². The Balaban J connectivity index is 0.00000256. The van der Waals surface area contributed by atoms with Gasteiger partial charge in [0.15, 0.2) is 0 Å². The second kappa shape index (κ2) is 6.63. The maximum Gasteiger partial charge on any atom is 1.00 e. The Hall–Kier alpha value is -0.240. The molecule has 6 heteroatoms. The summed E-state index contributed by atoms with van der Waals surface area (Å²) < 4.78 is 0. The molecule has 0 aliphatic heterocycles. The van der Waals surface area contributed by atoms with Crippen molar-refractivity contribution in [1.29, 1.82) is 5.26 Å². The number of benzene rings is 1. The zero-order valence-electron chi connectivity index (χ0n) is 9.46. The van der Waals surface area contributed by atoms with Gasteiger partial charge in [0.2, 0.25) is 0 Å². The van der Waals surface area contributed by atoms with Crippen LogP contribution < -0.4 is 34.7 Å². The topological polar surface area (TPSA) is 63.9 Å². The van der Waals surface area contributed by atoms with Crippen LogP contribution in [0.25, 0.3) is 0 Å². The third kappa shape index (κ3) is 2.96. The van der Waals surface area contributed by atoms with Gasteiger partial charge in [0.05, 0.1) is 22.1 Å². The summed E-state index contributed by atoms with van der Waals surface area (Å²) in [4.78, 5) is 11.1. The van der Waals surface area contributed by atoms with Crippen LogP contribution in [0.1, 0.15) is 18.9 Å². The van der Waals surface area contributed by atoms with Crippen LogP contribution in [0.2, 0.25) is 10.0 Å². The molecule has 0 radical (unpaired) electrons. The monoisotopic (exact) mass is 279 g/mol. The van der Waals surface area contributed by atoms with Crippen molar-refractivity contribution >= 4 is 29.2 Å². The normalized spacial score (nSPS) is 13.1. The van der Waals surface area contributed by atoms with E-state index in [4.69, 9.17) is 28.5 Å². The van der Waals surface area contributed by atoms with Gasteiger partial charge in [-0.25, -0.2) is 0 Å². The van der Waals surface area contributed by atoms with E-state index in [1.54, 1.807) is 19.1 Å². The minimum atomic E-state index is -1.75. The average Bonchev–Trinajstić information content (AvgIpc) is 2.26. The molecule has 0 bridgehead atoms. The van der Waals surface area contributed by atoms with Crippen molar-refractivity contribution in [3.8, 4) is 6.07 Å². The van der Waals surface area contributed by atoms with E-state index in [0.29, 0.717) is 0 Å². The first kappa shape index (κ1) is 16.8. The number of carbonyl (C=O) groups is 1. The smallest absolute Gasteiger partial charge is 0.548 e. The molecule has 0 spiro atoms. The van der Waals surface area contributed by atoms with E-state index in [1.807, 2.05) is 0 Å². The van der Waals surface area contributed by atoms with Crippen LogP contribution >= 0.6 is 23.2 Å². The zero-order valence-corrected chi connectivity index (χ0v) is 13.0. The van der Waals surface area contributed by atoms with Gasteiger partial charge in [-0.05, 0) is 18.1 Å². The number of rotatable bonds is 3. The number of halogens is 2. The van der Waals surface area contributed by atoms with Crippen LogP contribution in [0.15, 0.2) is 18.2 Å². The maximum absolute atomic E-state index is 11.1. The van der Waals surface area contributed by atoms with Crippen LogP contribution in [0, 0.1) is 11.3 Å². The van der Waals surface area contributed by atoms with E-state index >= 15 is 0 Å². The molecule has 0 saturated carbocycles. The summed E-state index contributed by atoms with van der Waals surface area (Å²) in [7, 11) is 0. The number of nitriles is 1. The van der Waals surface area contributed by atoms with Gasteiger partial charge in [0.25, 0.3) is 0 Å². The predicted molar refractivity (Wildman–Crippen MR) is 59.1 cm³/mol. The Kier molecular flexibility index (Phi) is 6.53. The van der Waals surface area contributed by atoms with Gasteiger partial charge in [0.1, 0.15) is 5.41 Å². The second-order valence-electron chi connectivity index (χ2n) is 3.26. The molecule has 0 heterocycles. The molecule has 0 fully saturated rings. The van der Waals surface area contributed by atoms with Crippen LogP contribution in [0.5, 0.6) is 0 Å². The fourth-order valence-corrected chi connectivity index (χ4v) is 1.92. The van der Waals surface area contributed by atoms with E-state index in [0.717, 1.165) is 0 Å². The zero-order chi connectivity index (χ0) is 12.3. The molecule has 84 valence electrons. The molecule has 0 aromatic heterocycles. The first-order chi connectivity index (χ1) is 7.49. The summed E-state index contributed by atoms with van der Waals surface area (Å²) in [6.07, 6.45) is 0.0614. The third-order valence-electron chi connectivity index (χ3n) is 2.48. The quantitative estimate of drug-likeness (QED) is 0.661. The fourth-order valence-electron chi connectivity index (χ4n) is 1.46. The van der Waals surface area contributed by atoms with Crippen molar-refractivity contribution in [2.45, 2.75) is 18.8 Å². The molecule has 1 rings (SSSR count). The summed E-state index contributed by atoms with van der Waals surface area (Å²) >= 11 is 11.7. The summed E-state index contributed by atoms with van der Waals surface area (Å²) in [5, 5.41) is 20.5. The van der Waals surface area contributed by atoms with E-state index in [9.17, 15) is 9.90 Å². The largest absolute Gasteiger partial charge is 1.00 e. The number of hydrogen-bond acceptors (Lipinski definition) is 3. The minimum Gasteiger partial charge on any atom is -0.548 e. The fraction of sp³-hybridized carbons (Fsp3) is 0.273. The van der Waals surface area contributed by atoms with E-state index in [2.05, 4.69) is 0 Å². The van der Waals surface area contributed by atoms with Crippen molar-refractivity contribution in [1.82, 2.24) is 0 Å². The van der Waals surface area contributed by atoms with Gasteiger partial charge >= 0.3 is 29.6 Å². The van der Waals surface area contributed by atoms with Crippen LogP contribution in [0.4, 0.5) is 0 Å². The Labute approximate surface area is 132 Å². The molecule has 1 aromatic carbocycles. The van der Waals surface area contributed by atoms with Crippen LogP contribution in [-0.4, -0.2) is 5.97 Å². The molecule has 0 aliphatic rings. The number of carboxylic acids is 1. The first-order valence-electron chi connectivity index (χ1n) is 4.56. The Morgan fingerprint density at radius 2 is 2.12 bits per heavy atom. The van der Waals surface area contributed by atoms with Gasteiger partial charge in [-0.3, -0.25) is 0 Å². The number of carboxylic acid groups (broad SMARTS) is 1. The number of nitrogens with zero attached hydrogens (tertiary/aromatic N) is 1. The summed E-state index contributed by atoms with van der Waals surface area (Å²) in [6, 6.07) is 6.29. The van der Waals surface area contributed by atoms with Gasteiger partial charge in [-0.2, -0.15) is 5.26 Å². The SMILES string of the molecule is CCC(C#N)(C(=O)[O-])c1cccc(Cl)c1Cl.[Na+]. The van der Waals surface area contributed by atoms with Gasteiger partial charge < -0.3 is 9.90 Å². The molecule has 3 nitrogen and oxygen atoms in total. The summed E-state index contributed by atoms with van der Waals surface area (Å²) in [6.45, 7) is 1.58. The van der Waals surface area contributed by atoms with E-state index in [1.165, 1.54) is 12.1 Å². The minimum absolute atomic E-state index is 0. The standard InChI is InChI=1S/C11H9Cl2NO2.Na/c1-2-11(6-14,10(15)16)7-4-3-5-8(12)9(7)13;/h3-5H,2H2,1H3,(H,15,16);/q;+1/p-1. The number of carbonyl (C=O) groups excluding carboxylic acids is 1. The summed E-state index contributed by atoms with van der Waals surface area (Å²) in [5.41, 5.74) is -1.58. The Morgan fingerprint density at radius 3 is 2.53 bits per heavy atom. The van der Waals surface area contributed by atoms with Gasteiger partial charge in [-0.1, -0.05) is 42.3 Å². The van der Waals surface area contributed by atoms with Crippen molar-refractivity contribution < 1.29 is 39.5 Å². The van der Waals surface area contributed by atoms with Gasteiger partial charge in [0, 0.05) is 0 Å². The molecular weight excluding hydrogens is 272 g/mol. The molecule has 0 N–H and O–H groups in total. The first-order valence-corrected chi connectivity index (χ1v) is 5.32. The molecule has 1 unspecified atom stereocenters. The molecule has 0 saturated heterocycles. The Morgan fingerprint density at radius 1 is 1.53 bits per heavy atom. The summed E-state index contributed by atoms with van der Waals surface area (Å²) in [5.74, 6) is -1.47. The molecule has 1 atom stereocenters. The van der Waals surface area contributed by atoms with E-state index in [-0.39, 0.29) is 51.6 Å². The maximum atomic E-state index is 11.1. The molecule has 0 amide bonds. The molecule has 1 aromatic rings. The third-order valence-corrected chi connectivity index (χ3v) is 3.30. The Bertz CT molecular complexity index is 473. The molecule has 17 heavy (non-hydrogen) atoms. The number of hydrogen-bond donors (Lipinski definition) is 0. The van der Waals surface area contributed by atoms with Gasteiger partial charge in [-0.15, -0.1) is 0 Å². The predicted octanol–water partition coefficient (Wildman–Crippen LogP) is -1.08. The second-order valence-corrected chi connectivity index (χ2v) is 4.04. The molecule has 0 aliphatic carbocycles. The van der Waals surface area contributed by atoms with Crippen molar-refractivity contribution in [3.05, 3.63) is 33.8 Å². The average molecular weight is 280 g/mol. The van der Waals surface area contributed by atoms with Crippen molar-refractivity contribution in [3.63, 3.8) is 0 Å². The van der Waals surface area contributed by atoms with E-state index < -0.39 is 11.4 Å². The van der Waals surface area contributed by atoms with Crippen molar-refractivity contribution in [2.24, 2.45) is 0 Å². The molecular formula is C11H8Cl2NNaO2. The van der Waals surface area contributed by atoms with Crippen LogP contribution in [-0.2, 0) is 10.2 Å². The van der Waals surface area contributed by atoms with Crippen LogP contribution in [0.3, 0.4) is 0 Å².